The van der Waals surface area contributed by atoms with Gasteiger partial charge in [0.15, 0.2) is 0 Å². The second-order valence-electron chi connectivity index (χ2n) is 18.3. The van der Waals surface area contributed by atoms with Gasteiger partial charge in [-0.05, 0) is 127 Å². The van der Waals surface area contributed by atoms with E-state index in [1.807, 2.05) is 129 Å². The van der Waals surface area contributed by atoms with E-state index in [-0.39, 0.29) is 47.5 Å². The molecule has 2 fully saturated rings. The van der Waals surface area contributed by atoms with E-state index in [1.54, 1.807) is 41.8 Å². The Balaban J connectivity index is 1.15. The van der Waals surface area contributed by atoms with Crippen LogP contribution < -0.4 is 21.3 Å². The lowest BCUT2D eigenvalue weighted by atomic mass is 10.0. The van der Waals surface area contributed by atoms with Gasteiger partial charge in [0.25, 0.3) is 11.8 Å². The topological polar surface area (TPSA) is 163 Å². The zero-order chi connectivity index (χ0) is 48.7. The molecule has 6 atom stereocenters. The van der Waals surface area contributed by atoms with E-state index in [2.05, 4.69) is 21.3 Å². The number of likely N-dealkylation sites (tertiary alicyclic amines) is 2. The van der Waals surface area contributed by atoms with Crippen LogP contribution in [-0.2, 0) is 32.0 Å². The molecule has 2 aliphatic heterocycles. The van der Waals surface area contributed by atoms with Gasteiger partial charge in [-0.25, -0.2) is 0 Å². The Morgan fingerprint density at radius 1 is 0.515 bits per heavy atom. The molecule has 0 bridgehead atoms. The molecule has 4 aromatic rings. The summed E-state index contributed by atoms with van der Waals surface area (Å²) in [5.41, 5.74) is 5.06. The molecule has 0 spiro atoms. The van der Waals surface area contributed by atoms with Crippen LogP contribution in [0.4, 0.5) is 0 Å². The number of benzene rings is 4. The lowest BCUT2D eigenvalue weighted by molar-refractivity contribution is -0.137. The van der Waals surface area contributed by atoms with Crippen LogP contribution in [0.5, 0.6) is 0 Å². The Hall–Kier alpha value is -6.38. The van der Waals surface area contributed by atoms with Crippen LogP contribution in [0.25, 0.3) is 11.1 Å². The molecule has 6 rings (SSSR count). The molecule has 0 saturated carbocycles. The third-order valence-electron chi connectivity index (χ3n) is 13.5. The molecule has 6 amide bonds. The van der Waals surface area contributed by atoms with Gasteiger partial charge < -0.3 is 40.9 Å². The van der Waals surface area contributed by atoms with Gasteiger partial charge in [0.1, 0.15) is 12.1 Å². The lowest BCUT2D eigenvalue weighted by Gasteiger charge is -2.33. The van der Waals surface area contributed by atoms with Crippen molar-refractivity contribution in [2.24, 2.45) is 0 Å². The van der Waals surface area contributed by atoms with Crippen LogP contribution in [0.2, 0.25) is 0 Å². The van der Waals surface area contributed by atoms with Gasteiger partial charge in [-0.2, -0.15) is 0 Å². The largest absolute Gasteiger partial charge is 0.343 e. The summed E-state index contributed by atoms with van der Waals surface area (Å²) in [7, 11) is 3.40. The van der Waals surface area contributed by atoms with E-state index in [0.29, 0.717) is 63.2 Å². The minimum atomic E-state index is -0.699. The Morgan fingerprint density at radius 3 is 1.21 bits per heavy atom. The highest BCUT2D eigenvalue weighted by Crippen LogP contribution is 2.26. The number of nitrogens with zero attached hydrogens (tertiary/aromatic N) is 4. The van der Waals surface area contributed by atoms with Crippen LogP contribution in [0, 0.1) is 0 Å². The molecular formula is C54H70N8O6. The number of hydrogen-bond acceptors (Lipinski definition) is 8. The summed E-state index contributed by atoms with van der Waals surface area (Å²) in [4.78, 5) is 88.5. The molecule has 0 unspecified atom stereocenters. The van der Waals surface area contributed by atoms with Crippen LogP contribution in [0.3, 0.4) is 0 Å². The Kier molecular flexibility index (Phi) is 18.4. The number of nitrogens with one attached hydrogen (secondary N) is 4. The number of hydrogen-bond donors (Lipinski definition) is 4. The van der Waals surface area contributed by atoms with Gasteiger partial charge in [0.2, 0.25) is 23.6 Å². The molecule has 4 aromatic carbocycles. The predicted octanol–water partition coefficient (Wildman–Crippen LogP) is 4.93. The van der Waals surface area contributed by atoms with Crippen molar-refractivity contribution in [3.8, 4) is 11.1 Å². The standard InChI is InChI=1S/C54H70N8O6/c1-37(55-5)49(63)57-39(3)51(65)61-31-13-19-47(61)35-59(33-29-41-15-9-7-10-16-41)53(67)45-25-21-43(22-26-45)44-23-27-46(28-24-44)54(68)60(34-30-42-17-11-8-12-18-42)36-48-20-14-32-62(48)52(66)40(4)58-50(64)38(2)56-6/h7-12,15-18,21-28,37-40,47-48,55-56H,13-14,19-20,29-36H2,1-6H3,(H,57,63)(H,58,64)/t37-,38-,39-,40-,47-,48+/m0/s1. The second kappa shape index (κ2) is 24.6. The minimum Gasteiger partial charge on any atom is -0.343 e. The maximum atomic E-state index is 14.4. The molecule has 14 heteroatoms. The van der Waals surface area contributed by atoms with Gasteiger partial charge in [-0.15, -0.1) is 0 Å². The molecule has 2 saturated heterocycles. The first-order valence-corrected chi connectivity index (χ1v) is 24.2. The fourth-order valence-corrected chi connectivity index (χ4v) is 9.04. The van der Waals surface area contributed by atoms with Gasteiger partial charge >= 0.3 is 0 Å². The normalized spacial score (nSPS) is 17.4. The summed E-state index contributed by atoms with van der Waals surface area (Å²) < 4.78 is 0. The fraction of sp³-hybridized carbons (Fsp3) is 0.444. The van der Waals surface area contributed by atoms with Crippen molar-refractivity contribution >= 4 is 35.4 Å². The molecule has 2 aliphatic rings. The zero-order valence-corrected chi connectivity index (χ0v) is 40.6. The quantitative estimate of drug-likeness (QED) is 0.0915. The van der Waals surface area contributed by atoms with Crippen molar-refractivity contribution < 1.29 is 28.8 Å². The lowest BCUT2D eigenvalue weighted by Crippen LogP contribution is -2.54. The molecule has 4 N–H and O–H groups in total. The van der Waals surface area contributed by atoms with E-state index in [9.17, 15) is 28.8 Å². The summed E-state index contributed by atoms with van der Waals surface area (Å²) >= 11 is 0. The molecule has 0 aromatic heterocycles. The van der Waals surface area contributed by atoms with Crippen molar-refractivity contribution in [2.45, 2.75) is 102 Å². The Labute approximate surface area is 402 Å². The molecule has 68 heavy (non-hydrogen) atoms. The van der Waals surface area contributed by atoms with Crippen LogP contribution >= 0.6 is 0 Å². The highest BCUT2D eigenvalue weighted by molar-refractivity contribution is 5.96. The average Bonchev–Trinajstić information content (AvgIpc) is 4.05. The first kappa shape index (κ1) is 51.0. The predicted molar refractivity (Wildman–Crippen MR) is 266 cm³/mol. The second-order valence-corrected chi connectivity index (χ2v) is 18.3. The molecule has 14 nitrogen and oxygen atoms in total. The zero-order valence-electron chi connectivity index (χ0n) is 40.6. The number of carbonyl (C=O) groups is 6. The van der Waals surface area contributed by atoms with E-state index in [4.69, 9.17) is 0 Å². The smallest absolute Gasteiger partial charge is 0.253 e. The third-order valence-corrected chi connectivity index (χ3v) is 13.5. The maximum Gasteiger partial charge on any atom is 0.253 e. The molecule has 2 heterocycles. The van der Waals surface area contributed by atoms with Crippen molar-refractivity contribution in [3.63, 3.8) is 0 Å². The fourth-order valence-electron chi connectivity index (χ4n) is 9.04. The Bertz CT molecular complexity index is 2150. The molecule has 362 valence electrons. The third kappa shape index (κ3) is 13.4. The minimum absolute atomic E-state index is 0.127. The SMILES string of the molecule is CN[C@@H](C)C(=O)N[C@@H](C)C(=O)N1CCC[C@@H]1CN(CCc1ccccc1)C(=O)c1ccc(-c2ccc(C(=O)N(CCc3ccccc3)C[C@@H]3CCCN3C(=O)[C@H](C)NC(=O)[C@H](C)NC)cc2)cc1. The molecular weight excluding hydrogens is 857 g/mol. The summed E-state index contributed by atoms with van der Waals surface area (Å²) in [5, 5.41) is 11.5. The van der Waals surface area contributed by atoms with Gasteiger partial charge in [-0.3, -0.25) is 28.8 Å². The summed E-state index contributed by atoms with van der Waals surface area (Å²) in [6, 6.07) is 32.4. The highest BCUT2D eigenvalue weighted by atomic mass is 16.2. The number of carbonyl (C=O) groups excluding carboxylic acids is 6. The maximum absolute atomic E-state index is 14.4. The van der Waals surface area contributed by atoms with E-state index < -0.39 is 24.2 Å². The monoisotopic (exact) mass is 927 g/mol. The van der Waals surface area contributed by atoms with Crippen molar-refractivity contribution in [1.82, 2.24) is 40.9 Å². The van der Waals surface area contributed by atoms with Gasteiger partial charge in [0.05, 0.1) is 12.1 Å². The van der Waals surface area contributed by atoms with Crippen LogP contribution in [0.1, 0.15) is 85.2 Å². The van der Waals surface area contributed by atoms with Crippen molar-refractivity contribution in [1.29, 1.82) is 0 Å². The van der Waals surface area contributed by atoms with E-state index in [0.717, 1.165) is 47.9 Å². The van der Waals surface area contributed by atoms with Crippen molar-refractivity contribution in [3.05, 3.63) is 131 Å². The summed E-state index contributed by atoms with van der Waals surface area (Å²) in [6.45, 7) is 9.71. The van der Waals surface area contributed by atoms with E-state index >= 15 is 0 Å². The summed E-state index contributed by atoms with van der Waals surface area (Å²) in [5.74, 6) is -1.06. The molecule has 0 radical (unpaired) electrons. The first-order valence-electron chi connectivity index (χ1n) is 24.2. The Morgan fingerprint density at radius 2 is 0.868 bits per heavy atom. The average molecular weight is 927 g/mol. The van der Waals surface area contributed by atoms with Gasteiger partial charge in [-0.1, -0.05) is 84.9 Å². The number of rotatable bonds is 21. The summed E-state index contributed by atoms with van der Waals surface area (Å²) in [6.07, 6.45) is 4.45. The van der Waals surface area contributed by atoms with E-state index in [1.165, 1.54) is 0 Å². The van der Waals surface area contributed by atoms with Crippen LogP contribution in [-0.4, -0.2) is 145 Å². The molecule has 0 aliphatic carbocycles. The number of amides is 6. The first-order chi connectivity index (χ1) is 32.8. The van der Waals surface area contributed by atoms with Crippen LogP contribution in [0.15, 0.2) is 109 Å². The highest BCUT2D eigenvalue weighted by Gasteiger charge is 2.36. The number of likely N-dealkylation sites (N-methyl/N-ethyl adjacent to an activating group) is 2. The van der Waals surface area contributed by atoms with Crippen molar-refractivity contribution in [2.75, 3.05) is 53.4 Å². The van der Waals surface area contributed by atoms with Gasteiger partial charge in [0, 0.05) is 62.5 Å².